The van der Waals surface area contributed by atoms with Crippen LogP contribution in [0, 0.1) is 0 Å². The van der Waals surface area contributed by atoms with Gasteiger partial charge in [-0.25, -0.2) is 4.79 Å². The molecular formula is C23H25F3N6O3. The quantitative estimate of drug-likeness (QED) is 0.518. The number of urea groups is 1. The zero-order valence-electron chi connectivity index (χ0n) is 19.3. The molecule has 12 heteroatoms. The maximum Gasteiger partial charge on any atom is 0.470 e. The Morgan fingerprint density at radius 1 is 1.09 bits per heavy atom. The van der Waals surface area contributed by atoms with Crippen molar-refractivity contribution in [1.82, 2.24) is 25.0 Å². The molecule has 0 saturated carbocycles. The molecule has 3 aromatic rings. The average Bonchev–Trinajstić information content (AvgIpc) is 3.39. The summed E-state index contributed by atoms with van der Waals surface area (Å²) in [6, 6.07) is 10.1. The van der Waals surface area contributed by atoms with Gasteiger partial charge in [-0.1, -0.05) is 6.92 Å². The summed E-state index contributed by atoms with van der Waals surface area (Å²) >= 11 is 0. The van der Waals surface area contributed by atoms with Gasteiger partial charge in [0.25, 0.3) is 0 Å². The van der Waals surface area contributed by atoms with E-state index in [4.69, 9.17) is 9.15 Å². The SMILES string of the molecule is CCN1CCN(C(=O)N(Cc2ccc(-c3nnc(C(F)(F)F)o3)cn2)c2ccc(OC)cc2)CC1. The first-order chi connectivity index (χ1) is 16.8. The molecule has 0 radical (unpaired) electrons. The number of hydrogen-bond donors (Lipinski definition) is 0. The molecule has 4 rings (SSSR count). The molecule has 0 N–H and O–H groups in total. The molecule has 1 aromatic carbocycles. The van der Waals surface area contributed by atoms with Crippen molar-refractivity contribution in [1.29, 1.82) is 0 Å². The highest BCUT2D eigenvalue weighted by Gasteiger charge is 2.38. The molecule has 2 amide bonds. The minimum Gasteiger partial charge on any atom is -0.497 e. The molecule has 0 bridgehead atoms. The number of pyridine rings is 1. The van der Waals surface area contributed by atoms with Crippen LogP contribution in [0.2, 0.25) is 0 Å². The molecule has 3 heterocycles. The van der Waals surface area contributed by atoms with Crippen molar-refractivity contribution in [2.75, 3.05) is 44.7 Å². The number of halogens is 3. The van der Waals surface area contributed by atoms with Crippen molar-refractivity contribution in [3.8, 4) is 17.2 Å². The summed E-state index contributed by atoms with van der Waals surface area (Å²) in [4.78, 5) is 23.5. The first-order valence-electron chi connectivity index (χ1n) is 11.1. The van der Waals surface area contributed by atoms with E-state index in [0.29, 0.717) is 30.2 Å². The number of ether oxygens (including phenoxy) is 1. The summed E-state index contributed by atoms with van der Waals surface area (Å²) in [7, 11) is 1.57. The van der Waals surface area contributed by atoms with Crippen LogP contribution >= 0.6 is 0 Å². The van der Waals surface area contributed by atoms with E-state index in [-0.39, 0.29) is 24.0 Å². The first kappa shape index (κ1) is 24.5. The number of amides is 2. The van der Waals surface area contributed by atoms with E-state index >= 15 is 0 Å². The molecule has 1 aliphatic heterocycles. The third kappa shape index (κ3) is 5.70. The summed E-state index contributed by atoms with van der Waals surface area (Å²) in [6.07, 6.45) is -3.37. The minimum absolute atomic E-state index is 0.150. The zero-order chi connectivity index (χ0) is 25.0. The Morgan fingerprint density at radius 2 is 1.80 bits per heavy atom. The lowest BCUT2D eigenvalue weighted by molar-refractivity contribution is -0.156. The highest BCUT2D eigenvalue weighted by molar-refractivity contribution is 5.92. The maximum atomic E-state index is 13.5. The van der Waals surface area contributed by atoms with Crippen LogP contribution in [0.5, 0.6) is 5.75 Å². The van der Waals surface area contributed by atoms with Crippen molar-refractivity contribution in [3.63, 3.8) is 0 Å². The van der Waals surface area contributed by atoms with Crippen LogP contribution in [0.4, 0.5) is 23.7 Å². The standard InChI is InChI=1S/C23H25F3N6O3/c1-3-30-10-12-31(13-11-30)22(33)32(18-6-8-19(34-2)9-7-18)15-17-5-4-16(14-27-17)20-28-29-21(35-20)23(24,25)26/h4-9,14H,3,10-13,15H2,1-2H3. The van der Waals surface area contributed by atoms with E-state index in [2.05, 4.69) is 27.0 Å². The lowest BCUT2D eigenvalue weighted by Crippen LogP contribution is -2.52. The number of carbonyl (C=O) groups excluding carboxylic acids is 1. The summed E-state index contributed by atoms with van der Waals surface area (Å²) in [5.74, 6) is -1.04. The number of alkyl halides is 3. The number of benzene rings is 1. The van der Waals surface area contributed by atoms with Crippen molar-refractivity contribution < 1.29 is 27.1 Å². The van der Waals surface area contributed by atoms with Crippen LogP contribution in [0.25, 0.3) is 11.5 Å². The second-order valence-electron chi connectivity index (χ2n) is 7.94. The highest BCUT2D eigenvalue weighted by atomic mass is 19.4. The molecule has 35 heavy (non-hydrogen) atoms. The number of methoxy groups -OCH3 is 1. The second-order valence-corrected chi connectivity index (χ2v) is 7.94. The zero-order valence-corrected chi connectivity index (χ0v) is 19.3. The Bertz CT molecular complexity index is 1130. The Kier molecular flexibility index (Phi) is 7.20. The Balaban J connectivity index is 1.54. The highest BCUT2D eigenvalue weighted by Crippen LogP contribution is 2.30. The number of nitrogens with zero attached hydrogens (tertiary/aromatic N) is 6. The molecule has 1 aliphatic rings. The van der Waals surface area contributed by atoms with E-state index in [1.807, 2.05) is 4.90 Å². The third-order valence-electron chi connectivity index (χ3n) is 5.76. The molecule has 0 aliphatic carbocycles. The van der Waals surface area contributed by atoms with Crippen LogP contribution in [0.15, 0.2) is 47.0 Å². The fourth-order valence-corrected chi connectivity index (χ4v) is 3.72. The Morgan fingerprint density at radius 3 is 2.34 bits per heavy atom. The van der Waals surface area contributed by atoms with E-state index in [1.165, 1.54) is 12.3 Å². The predicted molar refractivity (Wildman–Crippen MR) is 121 cm³/mol. The fourth-order valence-electron chi connectivity index (χ4n) is 3.72. The number of likely N-dealkylation sites (N-methyl/N-ethyl adjacent to an activating group) is 1. The van der Waals surface area contributed by atoms with Gasteiger partial charge in [0.2, 0.25) is 5.89 Å². The van der Waals surface area contributed by atoms with E-state index in [1.54, 1.807) is 42.3 Å². The first-order valence-corrected chi connectivity index (χ1v) is 11.1. The van der Waals surface area contributed by atoms with E-state index in [0.717, 1.165) is 19.6 Å². The molecule has 1 saturated heterocycles. The van der Waals surface area contributed by atoms with E-state index in [9.17, 15) is 18.0 Å². The molecule has 0 spiro atoms. The van der Waals surface area contributed by atoms with Gasteiger partial charge in [0.1, 0.15) is 5.75 Å². The molecule has 1 fully saturated rings. The number of hydrogen-bond acceptors (Lipinski definition) is 7. The van der Waals surface area contributed by atoms with Gasteiger partial charge >= 0.3 is 18.1 Å². The summed E-state index contributed by atoms with van der Waals surface area (Å²) < 4.78 is 48.2. The number of piperazine rings is 1. The van der Waals surface area contributed by atoms with Crippen LogP contribution in [-0.2, 0) is 12.7 Å². The van der Waals surface area contributed by atoms with Gasteiger partial charge in [-0.2, -0.15) is 13.2 Å². The largest absolute Gasteiger partial charge is 0.497 e. The Labute approximate surface area is 200 Å². The van der Waals surface area contributed by atoms with Crippen molar-refractivity contribution in [2.45, 2.75) is 19.6 Å². The molecule has 0 atom stereocenters. The molecular weight excluding hydrogens is 465 g/mol. The third-order valence-corrected chi connectivity index (χ3v) is 5.76. The van der Waals surface area contributed by atoms with Gasteiger partial charge in [0.05, 0.1) is 24.9 Å². The van der Waals surface area contributed by atoms with Crippen LogP contribution < -0.4 is 9.64 Å². The van der Waals surface area contributed by atoms with E-state index < -0.39 is 12.1 Å². The number of rotatable bonds is 6. The van der Waals surface area contributed by atoms with Crippen LogP contribution in [0.3, 0.4) is 0 Å². The van der Waals surface area contributed by atoms with Gasteiger partial charge < -0.3 is 19.0 Å². The lowest BCUT2D eigenvalue weighted by Gasteiger charge is -2.37. The average molecular weight is 490 g/mol. The topological polar surface area (TPSA) is 87.8 Å². The molecule has 9 nitrogen and oxygen atoms in total. The monoisotopic (exact) mass is 490 g/mol. The van der Waals surface area contributed by atoms with Gasteiger partial charge in [-0.15, -0.1) is 10.2 Å². The van der Waals surface area contributed by atoms with Crippen LogP contribution in [0.1, 0.15) is 18.5 Å². The number of aromatic nitrogens is 3. The molecule has 2 aromatic heterocycles. The molecule has 186 valence electrons. The summed E-state index contributed by atoms with van der Waals surface area (Å²) in [5, 5.41) is 6.48. The molecule has 0 unspecified atom stereocenters. The van der Waals surface area contributed by atoms with Crippen molar-refractivity contribution in [3.05, 3.63) is 54.2 Å². The van der Waals surface area contributed by atoms with Crippen LogP contribution in [-0.4, -0.2) is 70.8 Å². The lowest BCUT2D eigenvalue weighted by atomic mass is 10.2. The van der Waals surface area contributed by atoms with Gasteiger partial charge in [0.15, 0.2) is 0 Å². The number of carbonyl (C=O) groups is 1. The van der Waals surface area contributed by atoms with Crippen molar-refractivity contribution in [2.24, 2.45) is 0 Å². The Hall–Kier alpha value is -3.67. The normalized spacial score (nSPS) is 14.7. The maximum absolute atomic E-state index is 13.5. The van der Waals surface area contributed by atoms with Gasteiger partial charge in [-0.05, 0) is 42.9 Å². The van der Waals surface area contributed by atoms with Gasteiger partial charge in [-0.3, -0.25) is 9.88 Å². The smallest absolute Gasteiger partial charge is 0.470 e. The van der Waals surface area contributed by atoms with Gasteiger partial charge in [0, 0.05) is 38.1 Å². The minimum atomic E-state index is -4.72. The fraction of sp³-hybridized carbons (Fsp3) is 0.391. The second kappa shape index (κ2) is 10.3. The summed E-state index contributed by atoms with van der Waals surface area (Å²) in [6.45, 7) is 6.02. The van der Waals surface area contributed by atoms with Crippen molar-refractivity contribution >= 4 is 11.7 Å². The predicted octanol–water partition coefficient (Wildman–Crippen LogP) is 3.92. The number of anilines is 1. The summed E-state index contributed by atoms with van der Waals surface area (Å²) in [5.41, 5.74) is 1.46.